The van der Waals surface area contributed by atoms with Gasteiger partial charge in [-0.1, -0.05) is 0 Å². The van der Waals surface area contributed by atoms with Gasteiger partial charge in [-0.3, -0.25) is 14.3 Å². The van der Waals surface area contributed by atoms with Crippen LogP contribution >= 0.6 is 11.3 Å². The maximum absolute atomic E-state index is 12.4. The first-order valence-corrected chi connectivity index (χ1v) is 6.80. The number of ether oxygens (including phenoxy) is 1. The SMILES string of the molecule is COCCn1c(=O)[nH]c2sc3c(c2c1=O)CCC3. The number of hydrogen-bond donors (Lipinski definition) is 1. The molecule has 96 valence electrons. The Hall–Kier alpha value is -1.40. The van der Waals surface area contributed by atoms with Crippen molar-refractivity contribution < 1.29 is 4.74 Å². The molecule has 0 radical (unpaired) electrons. The lowest BCUT2D eigenvalue weighted by atomic mass is 10.2. The summed E-state index contributed by atoms with van der Waals surface area (Å²) in [5.41, 5.74) is 0.622. The van der Waals surface area contributed by atoms with Crippen LogP contribution in [-0.4, -0.2) is 23.3 Å². The van der Waals surface area contributed by atoms with Gasteiger partial charge in [0, 0.05) is 12.0 Å². The fraction of sp³-hybridized carbons (Fsp3) is 0.500. The van der Waals surface area contributed by atoms with Crippen LogP contribution in [0.4, 0.5) is 0 Å². The van der Waals surface area contributed by atoms with E-state index in [1.165, 1.54) is 9.44 Å². The minimum atomic E-state index is -0.343. The summed E-state index contributed by atoms with van der Waals surface area (Å²) in [4.78, 5) is 29.0. The first-order valence-electron chi connectivity index (χ1n) is 5.98. The van der Waals surface area contributed by atoms with E-state index in [1.54, 1.807) is 18.4 Å². The van der Waals surface area contributed by atoms with Crippen LogP contribution in [0.3, 0.4) is 0 Å². The van der Waals surface area contributed by atoms with Crippen molar-refractivity contribution in [1.82, 2.24) is 9.55 Å². The van der Waals surface area contributed by atoms with Crippen LogP contribution in [0.5, 0.6) is 0 Å². The van der Waals surface area contributed by atoms with Crippen LogP contribution in [0.2, 0.25) is 0 Å². The molecule has 6 heteroatoms. The quantitative estimate of drug-likeness (QED) is 0.897. The van der Waals surface area contributed by atoms with Crippen LogP contribution in [0.15, 0.2) is 9.59 Å². The Morgan fingerprint density at radius 3 is 3.00 bits per heavy atom. The van der Waals surface area contributed by atoms with Gasteiger partial charge in [0.2, 0.25) is 0 Å². The fourth-order valence-electron chi connectivity index (χ4n) is 2.50. The number of thiophene rings is 1. The van der Waals surface area contributed by atoms with Gasteiger partial charge in [0.1, 0.15) is 4.83 Å². The second-order valence-electron chi connectivity index (χ2n) is 4.44. The van der Waals surface area contributed by atoms with Crippen molar-refractivity contribution in [2.45, 2.75) is 25.8 Å². The van der Waals surface area contributed by atoms with E-state index in [4.69, 9.17) is 4.74 Å². The molecule has 0 bridgehead atoms. The Labute approximate surface area is 107 Å². The third-order valence-corrected chi connectivity index (χ3v) is 4.57. The van der Waals surface area contributed by atoms with Crippen molar-refractivity contribution in [1.29, 1.82) is 0 Å². The summed E-state index contributed by atoms with van der Waals surface area (Å²) in [6.07, 6.45) is 3.07. The molecule has 0 aliphatic heterocycles. The zero-order chi connectivity index (χ0) is 12.7. The van der Waals surface area contributed by atoms with Crippen LogP contribution in [-0.2, 0) is 24.1 Å². The van der Waals surface area contributed by atoms with E-state index in [1.807, 2.05) is 0 Å². The molecule has 0 atom stereocenters. The van der Waals surface area contributed by atoms with Crippen LogP contribution in [0.1, 0.15) is 16.9 Å². The van der Waals surface area contributed by atoms with Gasteiger partial charge >= 0.3 is 5.69 Å². The summed E-state index contributed by atoms with van der Waals surface area (Å²) in [6.45, 7) is 0.659. The highest BCUT2D eigenvalue weighted by atomic mass is 32.1. The zero-order valence-electron chi connectivity index (χ0n) is 10.1. The van der Waals surface area contributed by atoms with E-state index in [0.29, 0.717) is 18.5 Å². The van der Waals surface area contributed by atoms with E-state index in [9.17, 15) is 9.59 Å². The highest BCUT2D eigenvalue weighted by Crippen LogP contribution is 2.33. The molecule has 0 saturated heterocycles. The number of fused-ring (bicyclic) bond motifs is 3. The molecule has 2 aromatic rings. The molecule has 1 aliphatic carbocycles. The Morgan fingerprint density at radius 1 is 1.39 bits per heavy atom. The van der Waals surface area contributed by atoms with Gasteiger partial charge in [0.25, 0.3) is 5.56 Å². The molecular weight excluding hydrogens is 252 g/mol. The minimum absolute atomic E-state index is 0.176. The molecule has 0 spiro atoms. The van der Waals surface area contributed by atoms with E-state index in [0.717, 1.165) is 29.7 Å². The Morgan fingerprint density at radius 2 is 2.22 bits per heavy atom. The first kappa shape index (κ1) is 11.7. The highest BCUT2D eigenvalue weighted by Gasteiger charge is 2.21. The molecule has 0 saturated carbocycles. The zero-order valence-corrected chi connectivity index (χ0v) is 10.9. The highest BCUT2D eigenvalue weighted by molar-refractivity contribution is 7.18. The largest absolute Gasteiger partial charge is 0.383 e. The third kappa shape index (κ3) is 1.64. The molecule has 1 aliphatic rings. The molecule has 0 aromatic carbocycles. The Balaban J connectivity index is 2.26. The van der Waals surface area contributed by atoms with Crippen LogP contribution in [0, 0.1) is 0 Å². The van der Waals surface area contributed by atoms with Gasteiger partial charge in [0.15, 0.2) is 0 Å². The number of nitrogens with one attached hydrogen (secondary N) is 1. The van der Waals surface area contributed by atoms with E-state index in [2.05, 4.69) is 4.98 Å². The van der Waals surface area contributed by atoms with E-state index in [-0.39, 0.29) is 11.2 Å². The Kier molecular flexibility index (Phi) is 2.83. The van der Waals surface area contributed by atoms with Crippen LogP contribution < -0.4 is 11.2 Å². The minimum Gasteiger partial charge on any atom is -0.383 e. The molecular formula is C12H14N2O3S. The first-order chi connectivity index (χ1) is 8.72. The summed E-state index contributed by atoms with van der Waals surface area (Å²) in [7, 11) is 1.56. The van der Waals surface area contributed by atoms with Crippen LogP contribution in [0.25, 0.3) is 10.2 Å². The molecule has 0 fully saturated rings. The summed E-state index contributed by atoms with van der Waals surface area (Å²) < 4.78 is 6.17. The predicted octanol–water partition coefficient (Wildman–Crippen LogP) is 0.886. The molecule has 18 heavy (non-hydrogen) atoms. The molecule has 3 rings (SSSR count). The lowest BCUT2D eigenvalue weighted by Gasteiger charge is -2.04. The average molecular weight is 266 g/mol. The summed E-state index contributed by atoms with van der Waals surface area (Å²) in [5, 5.41) is 0.711. The van der Waals surface area contributed by atoms with E-state index < -0.39 is 0 Å². The maximum atomic E-state index is 12.4. The number of H-pyrrole nitrogens is 1. The molecule has 2 heterocycles. The van der Waals surface area contributed by atoms with Crippen molar-refractivity contribution in [3.8, 4) is 0 Å². The van der Waals surface area contributed by atoms with Gasteiger partial charge in [-0.15, -0.1) is 11.3 Å². The third-order valence-electron chi connectivity index (χ3n) is 3.36. The average Bonchev–Trinajstić information content (AvgIpc) is 2.88. The number of nitrogens with zero attached hydrogens (tertiary/aromatic N) is 1. The number of aromatic amines is 1. The molecule has 2 aromatic heterocycles. The molecule has 1 N–H and O–H groups in total. The number of aromatic nitrogens is 2. The molecule has 5 nitrogen and oxygen atoms in total. The van der Waals surface area contributed by atoms with Gasteiger partial charge in [0.05, 0.1) is 18.5 Å². The lowest BCUT2D eigenvalue weighted by Crippen LogP contribution is -2.36. The molecule has 0 amide bonds. The normalized spacial score (nSPS) is 14.3. The fourth-order valence-corrected chi connectivity index (χ4v) is 3.77. The summed E-state index contributed by atoms with van der Waals surface area (Å²) in [5.74, 6) is 0. The standard InChI is InChI=1S/C12H14N2O3S/c1-17-6-5-14-11(15)9-7-3-2-4-8(7)18-10(9)13-12(14)16/h2-6H2,1H3,(H,13,16). The monoisotopic (exact) mass is 266 g/mol. The Bertz CT molecular complexity index is 710. The van der Waals surface area contributed by atoms with Gasteiger partial charge in [-0.05, 0) is 24.8 Å². The topological polar surface area (TPSA) is 64.1 Å². The van der Waals surface area contributed by atoms with Crippen molar-refractivity contribution in [2.24, 2.45) is 0 Å². The maximum Gasteiger partial charge on any atom is 0.329 e. The van der Waals surface area contributed by atoms with E-state index >= 15 is 0 Å². The second-order valence-corrected chi connectivity index (χ2v) is 5.55. The lowest BCUT2D eigenvalue weighted by molar-refractivity contribution is 0.185. The second kappa shape index (κ2) is 4.37. The number of methoxy groups -OCH3 is 1. The van der Waals surface area contributed by atoms with Gasteiger partial charge < -0.3 is 4.74 Å². The van der Waals surface area contributed by atoms with Gasteiger partial charge in [-0.2, -0.15) is 0 Å². The number of rotatable bonds is 3. The number of hydrogen-bond acceptors (Lipinski definition) is 4. The predicted molar refractivity (Wildman–Crippen MR) is 70.6 cm³/mol. The summed E-state index contributed by atoms with van der Waals surface area (Å²) >= 11 is 1.55. The van der Waals surface area contributed by atoms with Crippen molar-refractivity contribution in [2.75, 3.05) is 13.7 Å². The summed E-state index contributed by atoms with van der Waals surface area (Å²) in [6, 6.07) is 0. The smallest absolute Gasteiger partial charge is 0.329 e. The van der Waals surface area contributed by atoms with Crippen molar-refractivity contribution in [3.05, 3.63) is 31.3 Å². The molecule has 0 unspecified atom stereocenters. The van der Waals surface area contributed by atoms with Crippen molar-refractivity contribution >= 4 is 21.6 Å². The number of aryl methyl sites for hydroxylation is 2. The van der Waals surface area contributed by atoms with Crippen molar-refractivity contribution in [3.63, 3.8) is 0 Å². The van der Waals surface area contributed by atoms with Gasteiger partial charge in [-0.25, -0.2) is 4.79 Å².